The summed E-state index contributed by atoms with van der Waals surface area (Å²) < 4.78 is 28.8. The second kappa shape index (κ2) is 6.62. The number of rotatable bonds is 6. The monoisotopic (exact) mass is 321 g/mol. The van der Waals surface area contributed by atoms with Crippen LogP contribution in [-0.4, -0.2) is 24.7 Å². The lowest BCUT2D eigenvalue weighted by Gasteiger charge is -2.08. The van der Waals surface area contributed by atoms with Crippen molar-refractivity contribution in [2.24, 2.45) is 7.05 Å². The molecule has 2 rings (SSSR count). The van der Waals surface area contributed by atoms with Crippen molar-refractivity contribution < 1.29 is 8.42 Å². The van der Waals surface area contributed by atoms with E-state index in [4.69, 9.17) is 0 Å². The average molecular weight is 321 g/mol. The Kier molecular flexibility index (Phi) is 5.03. The van der Waals surface area contributed by atoms with Crippen LogP contribution in [0.15, 0.2) is 24.3 Å². The van der Waals surface area contributed by atoms with Crippen molar-refractivity contribution in [3.63, 3.8) is 0 Å². The Labute approximate surface area is 132 Å². The van der Waals surface area contributed by atoms with Gasteiger partial charge in [0.25, 0.3) is 0 Å². The van der Waals surface area contributed by atoms with Crippen LogP contribution in [0.3, 0.4) is 0 Å². The maximum absolute atomic E-state index is 12.1. The van der Waals surface area contributed by atoms with Gasteiger partial charge in [-0.15, -0.1) is 0 Å². The molecule has 1 heterocycles. The van der Waals surface area contributed by atoms with Gasteiger partial charge in [-0.2, -0.15) is 5.10 Å². The van der Waals surface area contributed by atoms with Crippen LogP contribution < -0.4 is 4.72 Å². The van der Waals surface area contributed by atoms with E-state index in [1.807, 2.05) is 56.8 Å². The first-order valence-electron chi connectivity index (χ1n) is 7.30. The lowest BCUT2D eigenvalue weighted by molar-refractivity contribution is 0.580. The van der Waals surface area contributed by atoms with Gasteiger partial charge in [0.05, 0.1) is 11.4 Å². The van der Waals surface area contributed by atoms with Crippen LogP contribution in [0.25, 0.3) is 0 Å². The van der Waals surface area contributed by atoms with Gasteiger partial charge in [-0.25, -0.2) is 13.1 Å². The van der Waals surface area contributed by atoms with Crippen LogP contribution in [0.5, 0.6) is 0 Å². The van der Waals surface area contributed by atoms with Crippen molar-refractivity contribution in [2.75, 3.05) is 6.54 Å². The molecule has 1 N–H and O–H groups in total. The molecule has 0 aliphatic carbocycles. The zero-order chi connectivity index (χ0) is 16.3. The van der Waals surface area contributed by atoms with Gasteiger partial charge in [-0.3, -0.25) is 4.68 Å². The predicted octanol–water partition coefficient (Wildman–Crippen LogP) is 2.01. The molecule has 0 saturated carbocycles. The van der Waals surface area contributed by atoms with Gasteiger partial charge in [0, 0.05) is 19.3 Å². The van der Waals surface area contributed by atoms with Crippen molar-refractivity contribution in [1.82, 2.24) is 14.5 Å². The third-order valence-electron chi connectivity index (χ3n) is 3.80. The summed E-state index contributed by atoms with van der Waals surface area (Å²) in [5, 5.41) is 4.34. The van der Waals surface area contributed by atoms with Gasteiger partial charge in [0.15, 0.2) is 0 Å². The Morgan fingerprint density at radius 3 is 2.55 bits per heavy atom. The molecule has 0 saturated heterocycles. The number of sulfonamides is 1. The molecule has 0 unspecified atom stereocenters. The van der Waals surface area contributed by atoms with Gasteiger partial charge >= 0.3 is 0 Å². The summed E-state index contributed by atoms with van der Waals surface area (Å²) in [6.45, 7) is 6.29. The summed E-state index contributed by atoms with van der Waals surface area (Å²) in [5.74, 6) is 0.0136. The molecule has 1 aromatic heterocycles. The van der Waals surface area contributed by atoms with Gasteiger partial charge in [-0.1, -0.05) is 29.8 Å². The summed E-state index contributed by atoms with van der Waals surface area (Å²) >= 11 is 0. The van der Waals surface area contributed by atoms with E-state index >= 15 is 0 Å². The van der Waals surface area contributed by atoms with Crippen LogP contribution in [0, 0.1) is 20.8 Å². The molecule has 5 nitrogen and oxygen atoms in total. The number of nitrogens with zero attached hydrogens (tertiary/aromatic N) is 2. The summed E-state index contributed by atoms with van der Waals surface area (Å²) in [5.41, 5.74) is 5.02. The molecule has 1 aromatic carbocycles. The fraction of sp³-hybridized carbons (Fsp3) is 0.438. The molecular formula is C16H23N3O2S. The van der Waals surface area contributed by atoms with Crippen LogP contribution in [0.1, 0.15) is 28.1 Å². The first-order valence-corrected chi connectivity index (χ1v) is 8.95. The Morgan fingerprint density at radius 2 is 1.95 bits per heavy atom. The van der Waals surface area contributed by atoms with Gasteiger partial charge in [0.1, 0.15) is 0 Å². The molecule has 6 heteroatoms. The number of hydrogen-bond acceptors (Lipinski definition) is 3. The third kappa shape index (κ3) is 4.18. The van der Waals surface area contributed by atoms with E-state index < -0.39 is 10.0 Å². The molecule has 0 atom stereocenters. The maximum Gasteiger partial charge on any atom is 0.215 e. The van der Waals surface area contributed by atoms with E-state index in [9.17, 15) is 8.42 Å². The minimum Gasteiger partial charge on any atom is -0.272 e. The molecule has 0 aliphatic rings. The number of benzene rings is 1. The fourth-order valence-corrected chi connectivity index (χ4v) is 3.72. The van der Waals surface area contributed by atoms with Gasteiger partial charge in [0.2, 0.25) is 10.0 Å². The lowest BCUT2D eigenvalue weighted by atomic mass is 10.1. The number of hydrogen-bond donors (Lipinski definition) is 1. The van der Waals surface area contributed by atoms with E-state index in [1.54, 1.807) is 0 Å². The molecule has 22 heavy (non-hydrogen) atoms. The molecule has 0 spiro atoms. The predicted molar refractivity (Wildman–Crippen MR) is 88.2 cm³/mol. The van der Waals surface area contributed by atoms with Crippen molar-refractivity contribution in [3.8, 4) is 0 Å². The molecule has 0 aliphatic heterocycles. The van der Waals surface area contributed by atoms with Crippen molar-refractivity contribution in [3.05, 3.63) is 52.3 Å². The highest BCUT2D eigenvalue weighted by atomic mass is 32.2. The van der Waals surface area contributed by atoms with Gasteiger partial charge in [-0.05, 0) is 38.3 Å². The molecule has 2 aromatic rings. The smallest absolute Gasteiger partial charge is 0.215 e. The highest BCUT2D eigenvalue weighted by molar-refractivity contribution is 7.88. The highest BCUT2D eigenvalue weighted by Crippen LogP contribution is 2.12. The standard InChI is InChI=1S/C16H23N3O2S/c1-12-6-5-7-15(10-12)11-22(20,21)17-9-8-16-13(2)18-19(4)14(16)3/h5-7,10,17H,8-9,11H2,1-4H3. The van der Waals surface area contributed by atoms with E-state index in [0.29, 0.717) is 13.0 Å². The molecule has 0 radical (unpaired) electrons. The first kappa shape index (κ1) is 16.7. The number of aryl methyl sites for hydroxylation is 3. The summed E-state index contributed by atoms with van der Waals surface area (Å²) in [6, 6.07) is 7.57. The van der Waals surface area contributed by atoms with Crippen molar-refractivity contribution in [1.29, 1.82) is 0 Å². The molecule has 120 valence electrons. The molecular weight excluding hydrogens is 298 g/mol. The third-order valence-corrected chi connectivity index (χ3v) is 5.15. The second-order valence-electron chi connectivity index (χ2n) is 5.67. The zero-order valence-electron chi connectivity index (χ0n) is 13.5. The normalized spacial score (nSPS) is 11.8. The average Bonchev–Trinajstić information content (AvgIpc) is 2.64. The fourth-order valence-electron chi connectivity index (χ4n) is 2.58. The Bertz CT molecular complexity index is 764. The zero-order valence-corrected chi connectivity index (χ0v) is 14.4. The summed E-state index contributed by atoms with van der Waals surface area (Å²) in [4.78, 5) is 0. The lowest BCUT2D eigenvalue weighted by Crippen LogP contribution is -2.27. The highest BCUT2D eigenvalue weighted by Gasteiger charge is 2.13. The van der Waals surface area contributed by atoms with Crippen LogP contribution in [0.4, 0.5) is 0 Å². The summed E-state index contributed by atoms with van der Waals surface area (Å²) in [6.07, 6.45) is 0.651. The number of nitrogens with one attached hydrogen (secondary N) is 1. The summed E-state index contributed by atoms with van der Waals surface area (Å²) in [7, 11) is -1.42. The molecule has 0 fully saturated rings. The van der Waals surface area contributed by atoms with Crippen molar-refractivity contribution >= 4 is 10.0 Å². The van der Waals surface area contributed by atoms with E-state index in [-0.39, 0.29) is 5.75 Å². The largest absolute Gasteiger partial charge is 0.272 e. The topological polar surface area (TPSA) is 64.0 Å². The maximum atomic E-state index is 12.1. The van der Waals surface area contributed by atoms with Crippen LogP contribution >= 0.6 is 0 Å². The Balaban J connectivity index is 1.95. The van der Waals surface area contributed by atoms with E-state index in [1.165, 1.54) is 0 Å². The number of aromatic nitrogens is 2. The van der Waals surface area contributed by atoms with Crippen LogP contribution in [0.2, 0.25) is 0 Å². The second-order valence-corrected chi connectivity index (χ2v) is 7.47. The Morgan fingerprint density at radius 1 is 1.23 bits per heavy atom. The minimum atomic E-state index is -3.32. The van der Waals surface area contributed by atoms with E-state index in [2.05, 4.69) is 9.82 Å². The SMILES string of the molecule is Cc1cccc(CS(=O)(=O)NCCc2c(C)nn(C)c2C)c1. The quantitative estimate of drug-likeness (QED) is 0.885. The van der Waals surface area contributed by atoms with Crippen molar-refractivity contribution in [2.45, 2.75) is 32.9 Å². The minimum absolute atomic E-state index is 0.0136. The van der Waals surface area contributed by atoms with Crippen LogP contribution in [-0.2, 0) is 29.2 Å². The van der Waals surface area contributed by atoms with Gasteiger partial charge < -0.3 is 0 Å². The first-order chi connectivity index (χ1) is 10.3. The Hall–Kier alpha value is -1.66. The molecule has 0 amide bonds. The molecule has 0 bridgehead atoms. The van der Waals surface area contributed by atoms with E-state index in [0.717, 1.165) is 28.1 Å².